The molecule has 0 radical (unpaired) electrons. The average molecular weight is 129 g/mol. The van der Waals surface area contributed by atoms with Crippen LogP contribution in [-0.2, 0) is 10.9 Å². The van der Waals surface area contributed by atoms with Gasteiger partial charge in [-0.05, 0) is 0 Å². The van der Waals surface area contributed by atoms with Gasteiger partial charge in [-0.1, -0.05) is 9.74 Å². The Balaban J connectivity index is 2.46. The minimum Gasteiger partial charge on any atom is -0.243 e. The third kappa shape index (κ3) is 0.460. The highest BCUT2D eigenvalue weighted by Gasteiger charge is 2.13. The van der Waals surface area contributed by atoms with Crippen molar-refractivity contribution in [1.29, 1.82) is 0 Å². The Labute approximate surface area is 48.1 Å². The molecule has 0 saturated carbocycles. The quantitative estimate of drug-likeness (QED) is 0.491. The molecule has 0 spiro atoms. The molecular weight excluding hydrogens is 126 g/mol. The number of rotatable bonds is 0. The molecule has 1 atom stereocenters. The Morgan fingerprint density at radius 1 is 1.62 bits per heavy atom. The summed E-state index contributed by atoms with van der Waals surface area (Å²) in [6.45, 7) is 0. The second-order valence-corrected chi connectivity index (χ2v) is 2.70. The second kappa shape index (κ2) is 1.35. The number of nitrogens with zero attached hydrogens (tertiary/aromatic N) is 4. The highest BCUT2D eigenvalue weighted by molar-refractivity contribution is 7.86. The molecule has 0 amide bonds. The number of fused-ring (bicyclic) bond motifs is 2. The lowest BCUT2D eigenvalue weighted by molar-refractivity contribution is 0.929. The fourth-order valence-electron chi connectivity index (χ4n) is 0.502. The Morgan fingerprint density at radius 3 is 3.38 bits per heavy atom. The molecule has 2 heterocycles. The Bertz CT molecular complexity index is 202. The normalized spacial score (nSPS) is 31.0. The van der Waals surface area contributed by atoms with Gasteiger partial charge in [0.2, 0.25) is 0 Å². The smallest absolute Gasteiger partial charge is 0.160 e. The van der Waals surface area contributed by atoms with Crippen molar-refractivity contribution in [3.63, 3.8) is 0 Å². The SMILES string of the molecule is C1C2=NN=S1N=NN2. The Hall–Kier alpha value is -0.780. The molecule has 2 aliphatic heterocycles. The minimum absolute atomic E-state index is 0.260. The minimum atomic E-state index is -0.260. The van der Waals surface area contributed by atoms with Crippen molar-refractivity contribution in [3.05, 3.63) is 0 Å². The molecule has 2 bridgehead atoms. The molecule has 1 unspecified atom stereocenters. The lowest BCUT2D eigenvalue weighted by atomic mass is 10.7. The maximum Gasteiger partial charge on any atom is 0.160 e. The van der Waals surface area contributed by atoms with Crippen LogP contribution in [-0.4, -0.2) is 11.6 Å². The van der Waals surface area contributed by atoms with Gasteiger partial charge >= 0.3 is 0 Å². The maximum atomic E-state index is 3.79. The predicted octanol–water partition coefficient (Wildman–Crippen LogP) is 0.000800. The van der Waals surface area contributed by atoms with Gasteiger partial charge in [-0.15, -0.1) is 9.57 Å². The Morgan fingerprint density at radius 2 is 2.62 bits per heavy atom. The molecule has 8 heavy (non-hydrogen) atoms. The summed E-state index contributed by atoms with van der Waals surface area (Å²) in [5, 5.41) is 7.32. The third-order valence-corrected chi connectivity index (χ3v) is 1.91. The molecule has 2 aliphatic rings. The van der Waals surface area contributed by atoms with E-state index in [1.54, 1.807) is 0 Å². The van der Waals surface area contributed by atoms with Crippen molar-refractivity contribution in [1.82, 2.24) is 5.43 Å². The molecule has 5 nitrogen and oxygen atoms in total. The third-order valence-electron chi connectivity index (χ3n) is 0.836. The molecule has 0 aromatic heterocycles. The topological polar surface area (TPSA) is 61.5 Å². The zero-order valence-electron chi connectivity index (χ0n) is 3.90. The van der Waals surface area contributed by atoms with Crippen molar-refractivity contribution in [2.45, 2.75) is 0 Å². The molecule has 42 valence electrons. The molecule has 2 rings (SSSR count). The molecule has 0 aromatic rings. The van der Waals surface area contributed by atoms with Crippen LogP contribution in [0, 0.1) is 0 Å². The second-order valence-electron chi connectivity index (χ2n) is 1.41. The fourth-order valence-corrected chi connectivity index (χ4v) is 1.34. The lowest BCUT2D eigenvalue weighted by Crippen LogP contribution is -2.23. The summed E-state index contributed by atoms with van der Waals surface area (Å²) in [5.74, 6) is 1.66. The van der Waals surface area contributed by atoms with Gasteiger partial charge < -0.3 is 0 Å². The molecule has 0 saturated heterocycles. The van der Waals surface area contributed by atoms with Gasteiger partial charge in [-0.25, -0.2) is 5.43 Å². The van der Waals surface area contributed by atoms with E-state index in [9.17, 15) is 0 Å². The van der Waals surface area contributed by atoms with Gasteiger partial charge in [-0.2, -0.15) is 0 Å². The number of hydrogen-bond acceptors (Lipinski definition) is 5. The fraction of sp³-hybridized carbons (Fsp3) is 0.500. The molecule has 0 aliphatic carbocycles. The van der Waals surface area contributed by atoms with Crippen LogP contribution in [0.15, 0.2) is 19.3 Å². The lowest BCUT2D eigenvalue weighted by Gasteiger charge is -1.98. The highest BCUT2D eigenvalue weighted by Crippen LogP contribution is 2.05. The summed E-state index contributed by atoms with van der Waals surface area (Å²) in [6.07, 6.45) is 0. The van der Waals surface area contributed by atoms with Crippen molar-refractivity contribution in [2.75, 3.05) is 5.75 Å². The Kier molecular flexibility index (Phi) is 0.696. The van der Waals surface area contributed by atoms with Gasteiger partial charge in [-0.3, -0.25) is 0 Å². The van der Waals surface area contributed by atoms with Gasteiger partial charge in [0.15, 0.2) is 5.84 Å². The van der Waals surface area contributed by atoms with Crippen LogP contribution in [0.5, 0.6) is 0 Å². The summed E-state index contributed by atoms with van der Waals surface area (Å²) in [7, 11) is -0.260. The first-order valence-corrected chi connectivity index (χ1v) is 3.41. The molecule has 6 heteroatoms. The van der Waals surface area contributed by atoms with Gasteiger partial charge in [0.25, 0.3) is 0 Å². The van der Waals surface area contributed by atoms with E-state index in [2.05, 4.69) is 24.7 Å². The maximum absolute atomic E-state index is 3.79. The van der Waals surface area contributed by atoms with Crippen LogP contribution in [0.3, 0.4) is 0 Å². The highest BCUT2D eigenvalue weighted by atomic mass is 32.2. The molecular formula is C2H3N5S. The number of nitrogens with one attached hydrogen (secondary N) is 1. The van der Waals surface area contributed by atoms with Crippen molar-refractivity contribution in [3.8, 4) is 0 Å². The number of amidine groups is 1. The van der Waals surface area contributed by atoms with Crippen molar-refractivity contribution >= 4 is 16.7 Å². The first-order chi connectivity index (χ1) is 3.95. The van der Waals surface area contributed by atoms with Crippen molar-refractivity contribution < 1.29 is 0 Å². The van der Waals surface area contributed by atoms with E-state index in [4.69, 9.17) is 0 Å². The van der Waals surface area contributed by atoms with E-state index in [1.807, 2.05) is 0 Å². The first-order valence-electron chi connectivity index (χ1n) is 2.10. The van der Waals surface area contributed by atoms with Crippen molar-refractivity contribution in [2.24, 2.45) is 19.3 Å². The van der Waals surface area contributed by atoms with Gasteiger partial charge in [0, 0.05) is 0 Å². The zero-order valence-corrected chi connectivity index (χ0v) is 4.72. The van der Waals surface area contributed by atoms with E-state index in [1.165, 1.54) is 0 Å². The first kappa shape index (κ1) is 4.13. The van der Waals surface area contributed by atoms with Crippen LogP contribution in [0.25, 0.3) is 0 Å². The molecule has 0 aromatic carbocycles. The summed E-state index contributed by atoms with van der Waals surface area (Å²) >= 11 is 0. The summed E-state index contributed by atoms with van der Waals surface area (Å²) < 4.78 is 7.54. The average Bonchev–Trinajstić information content (AvgIpc) is 2.12. The monoisotopic (exact) mass is 129 g/mol. The zero-order chi connectivity index (χ0) is 5.40. The van der Waals surface area contributed by atoms with E-state index >= 15 is 0 Å². The van der Waals surface area contributed by atoms with E-state index < -0.39 is 0 Å². The summed E-state index contributed by atoms with van der Waals surface area (Å²) in [4.78, 5) is 0. The van der Waals surface area contributed by atoms with Crippen LogP contribution >= 0.6 is 0 Å². The standard InChI is InChI=1S/C2H3N5S/c1-2-3-5-7-8(1)6-4-2/h1H2,(H,3,4,6,7). The van der Waals surface area contributed by atoms with Gasteiger partial charge in [0.05, 0.1) is 16.6 Å². The largest absolute Gasteiger partial charge is 0.243 e. The van der Waals surface area contributed by atoms with E-state index in [0.717, 1.165) is 11.6 Å². The predicted molar refractivity (Wildman–Crippen MR) is 30.1 cm³/mol. The summed E-state index contributed by atoms with van der Waals surface area (Å²) in [5.41, 5.74) is 2.63. The van der Waals surface area contributed by atoms with Crippen LogP contribution in [0.4, 0.5) is 0 Å². The van der Waals surface area contributed by atoms with Crippen LogP contribution < -0.4 is 5.43 Å². The van der Waals surface area contributed by atoms with E-state index in [-0.39, 0.29) is 10.9 Å². The van der Waals surface area contributed by atoms with E-state index in [0.29, 0.717) is 0 Å². The summed E-state index contributed by atoms with van der Waals surface area (Å²) in [6, 6.07) is 0. The van der Waals surface area contributed by atoms with Crippen LogP contribution in [0.1, 0.15) is 0 Å². The molecule has 1 N–H and O–H groups in total. The van der Waals surface area contributed by atoms with Gasteiger partial charge in [0.1, 0.15) is 0 Å². The van der Waals surface area contributed by atoms with Crippen LogP contribution in [0.2, 0.25) is 0 Å². The number of hydrogen-bond donors (Lipinski definition) is 1. The molecule has 0 fully saturated rings.